The molecule has 2 aromatic carbocycles. The van der Waals surface area contributed by atoms with Crippen LogP contribution in [0, 0.1) is 0 Å². The van der Waals surface area contributed by atoms with Gasteiger partial charge in [-0.15, -0.1) is 0 Å². The van der Waals surface area contributed by atoms with E-state index in [0.717, 1.165) is 49.2 Å². The number of benzene rings is 2. The van der Waals surface area contributed by atoms with Crippen LogP contribution in [0.2, 0.25) is 0 Å². The molecule has 1 atom stereocenters. The fourth-order valence-electron chi connectivity index (χ4n) is 2.98. The Labute approximate surface area is 137 Å². The highest BCUT2D eigenvalue weighted by Crippen LogP contribution is 2.27. The lowest BCUT2D eigenvalue weighted by Crippen LogP contribution is -2.36. The second kappa shape index (κ2) is 7.29. The number of carbonyl (C=O) groups excluding carboxylic acids is 1. The van der Waals surface area contributed by atoms with Gasteiger partial charge in [-0.05, 0) is 30.9 Å². The summed E-state index contributed by atoms with van der Waals surface area (Å²) in [6.45, 7) is 1.49. The zero-order valence-corrected chi connectivity index (χ0v) is 13.2. The fourth-order valence-corrected chi connectivity index (χ4v) is 2.98. The molecule has 1 fully saturated rings. The molecule has 1 aliphatic heterocycles. The first-order valence-corrected chi connectivity index (χ1v) is 8.20. The maximum absolute atomic E-state index is 12.6. The standard InChI is InChI=1S/C19H23N3O/c20-16-9-6-13-22(14-12-16)19(23)21-18-11-5-4-10-17(18)15-7-2-1-3-8-15/h1-5,7-8,10-11,16H,6,9,12-14,20H2,(H,21,23)/t16-/m1/s1. The zero-order valence-electron chi connectivity index (χ0n) is 13.2. The average molecular weight is 309 g/mol. The summed E-state index contributed by atoms with van der Waals surface area (Å²) < 4.78 is 0. The lowest BCUT2D eigenvalue weighted by Gasteiger charge is -2.22. The summed E-state index contributed by atoms with van der Waals surface area (Å²) in [6.07, 6.45) is 2.83. The molecule has 120 valence electrons. The minimum Gasteiger partial charge on any atom is -0.328 e. The van der Waals surface area contributed by atoms with Gasteiger partial charge in [0, 0.05) is 24.7 Å². The number of nitrogens with one attached hydrogen (secondary N) is 1. The van der Waals surface area contributed by atoms with E-state index in [2.05, 4.69) is 17.4 Å². The summed E-state index contributed by atoms with van der Waals surface area (Å²) in [5, 5.41) is 3.07. The minimum atomic E-state index is -0.0394. The molecule has 2 amide bonds. The van der Waals surface area contributed by atoms with E-state index in [-0.39, 0.29) is 12.1 Å². The van der Waals surface area contributed by atoms with Crippen molar-refractivity contribution in [1.82, 2.24) is 4.90 Å². The summed E-state index contributed by atoms with van der Waals surface area (Å²) >= 11 is 0. The molecule has 0 bridgehead atoms. The number of para-hydroxylation sites is 1. The van der Waals surface area contributed by atoms with Crippen molar-refractivity contribution in [3.05, 3.63) is 54.6 Å². The summed E-state index contributed by atoms with van der Waals surface area (Å²) in [4.78, 5) is 14.5. The Morgan fingerprint density at radius 2 is 1.74 bits per heavy atom. The summed E-state index contributed by atoms with van der Waals surface area (Å²) in [7, 11) is 0. The number of amides is 2. The quantitative estimate of drug-likeness (QED) is 0.888. The first-order valence-electron chi connectivity index (χ1n) is 8.20. The van der Waals surface area contributed by atoms with Crippen molar-refractivity contribution in [2.24, 2.45) is 5.73 Å². The van der Waals surface area contributed by atoms with Crippen LogP contribution in [0.5, 0.6) is 0 Å². The second-order valence-corrected chi connectivity index (χ2v) is 6.02. The third-order valence-corrected chi connectivity index (χ3v) is 4.31. The van der Waals surface area contributed by atoms with Gasteiger partial charge in [-0.25, -0.2) is 4.79 Å². The molecule has 0 saturated carbocycles. The summed E-state index contributed by atoms with van der Waals surface area (Å²) in [5.74, 6) is 0. The van der Waals surface area contributed by atoms with E-state index in [1.807, 2.05) is 47.4 Å². The van der Waals surface area contributed by atoms with E-state index in [1.54, 1.807) is 0 Å². The molecule has 0 unspecified atom stereocenters. The molecule has 1 aliphatic rings. The molecule has 3 rings (SSSR count). The van der Waals surface area contributed by atoms with Crippen LogP contribution in [-0.4, -0.2) is 30.1 Å². The maximum Gasteiger partial charge on any atom is 0.321 e. The molecule has 2 aromatic rings. The van der Waals surface area contributed by atoms with Crippen molar-refractivity contribution in [1.29, 1.82) is 0 Å². The van der Waals surface area contributed by atoms with Gasteiger partial charge in [0.2, 0.25) is 0 Å². The highest BCUT2D eigenvalue weighted by atomic mass is 16.2. The van der Waals surface area contributed by atoms with Gasteiger partial charge in [-0.3, -0.25) is 0 Å². The number of anilines is 1. The Hall–Kier alpha value is -2.33. The van der Waals surface area contributed by atoms with E-state index >= 15 is 0 Å². The van der Waals surface area contributed by atoms with E-state index in [4.69, 9.17) is 5.73 Å². The topological polar surface area (TPSA) is 58.4 Å². The van der Waals surface area contributed by atoms with Gasteiger partial charge < -0.3 is 16.0 Å². The summed E-state index contributed by atoms with van der Waals surface area (Å²) in [6, 6.07) is 18.2. The van der Waals surface area contributed by atoms with Gasteiger partial charge in [-0.1, -0.05) is 48.5 Å². The van der Waals surface area contributed by atoms with Gasteiger partial charge in [0.25, 0.3) is 0 Å². The molecule has 0 aliphatic carbocycles. The van der Waals surface area contributed by atoms with Gasteiger partial charge in [0.1, 0.15) is 0 Å². The van der Waals surface area contributed by atoms with E-state index in [9.17, 15) is 4.79 Å². The Bertz CT molecular complexity index is 657. The molecule has 0 radical (unpaired) electrons. The molecule has 1 saturated heterocycles. The Balaban J connectivity index is 1.76. The number of nitrogens with two attached hydrogens (primary N) is 1. The number of likely N-dealkylation sites (tertiary alicyclic amines) is 1. The van der Waals surface area contributed by atoms with Gasteiger partial charge in [-0.2, -0.15) is 0 Å². The molecule has 4 heteroatoms. The van der Waals surface area contributed by atoms with Crippen LogP contribution in [-0.2, 0) is 0 Å². The van der Waals surface area contributed by atoms with Crippen molar-refractivity contribution >= 4 is 11.7 Å². The second-order valence-electron chi connectivity index (χ2n) is 6.02. The lowest BCUT2D eigenvalue weighted by molar-refractivity contribution is 0.213. The van der Waals surface area contributed by atoms with Crippen molar-refractivity contribution in [2.75, 3.05) is 18.4 Å². The minimum absolute atomic E-state index is 0.0394. The van der Waals surface area contributed by atoms with Crippen LogP contribution in [0.4, 0.5) is 10.5 Å². The number of nitrogens with zero attached hydrogens (tertiary/aromatic N) is 1. The number of urea groups is 1. The molecule has 3 N–H and O–H groups in total. The normalized spacial score (nSPS) is 18.3. The molecular weight excluding hydrogens is 286 g/mol. The van der Waals surface area contributed by atoms with Crippen LogP contribution >= 0.6 is 0 Å². The van der Waals surface area contributed by atoms with Crippen LogP contribution < -0.4 is 11.1 Å². The van der Waals surface area contributed by atoms with Gasteiger partial charge >= 0.3 is 6.03 Å². The number of hydrogen-bond acceptors (Lipinski definition) is 2. The first kappa shape index (κ1) is 15.6. The predicted molar refractivity (Wildman–Crippen MR) is 94.3 cm³/mol. The number of carbonyl (C=O) groups is 1. The molecule has 1 heterocycles. The number of rotatable bonds is 2. The van der Waals surface area contributed by atoms with Crippen LogP contribution in [0.15, 0.2) is 54.6 Å². The lowest BCUT2D eigenvalue weighted by atomic mass is 10.0. The van der Waals surface area contributed by atoms with Crippen molar-refractivity contribution < 1.29 is 4.79 Å². The maximum atomic E-state index is 12.6. The third-order valence-electron chi connectivity index (χ3n) is 4.31. The Kier molecular flexibility index (Phi) is 4.93. The van der Waals surface area contributed by atoms with E-state index in [0.29, 0.717) is 0 Å². The SMILES string of the molecule is N[C@@H]1CCCN(C(=O)Nc2ccccc2-c2ccccc2)CC1. The van der Waals surface area contributed by atoms with Crippen molar-refractivity contribution in [3.8, 4) is 11.1 Å². The summed E-state index contributed by atoms with van der Waals surface area (Å²) in [5.41, 5.74) is 8.97. The smallest absolute Gasteiger partial charge is 0.321 e. The fraction of sp³-hybridized carbons (Fsp3) is 0.316. The first-order chi connectivity index (χ1) is 11.2. The highest BCUT2D eigenvalue weighted by molar-refractivity contribution is 5.94. The van der Waals surface area contributed by atoms with Gasteiger partial charge in [0.05, 0.1) is 5.69 Å². The molecule has 4 nitrogen and oxygen atoms in total. The monoisotopic (exact) mass is 309 g/mol. The van der Waals surface area contributed by atoms with Crippen LogP contribution in [0.1, 0.15) is 19.3 Å². The van der Waals surface area contributed by atoms with Crippen LogP contribution in [0.3, 0.4) is 0 Å². The Morgan fingerprint density at radius 3 is 2.57 bits per heavy atom. The molecule has 23 heavy (non-hydrogen) atoms. The zero-order chi connectivity index (χ0) is 16.1. The van der Waals surface area contributed by atoms with Gasteiger partial charge in [0.15, 0.2) is 0 Å². The largest absolute Gasteiger partial charge is 0.328 e. The molecule has 0 aromatic heterocycles. The molecule has 0 spiro atoms. The highest BCUT2D eigenvalue weighted by Gasteiger charge is 2.19. The predicted octanol–water partition coefficient (Wildman–Crippen LogP) is 3.70. The Morgan fingerprint density at radius 1 is 1.00 bits per heavy atom. The van der Waals surface area contributed by atoms with E-state index in [1.165, 1.54) is 0 Å². The average Bonchev–Trinajstić information content (AvgIpc) is 2.81. The van der Waals surface area contributed by atoms with Crippen molar-refractivity contribution in [2.45, 2.75) is 25.3 Å². The number of hydrogen-bond donors (Lipinski definition) is 2. The van der Waals surface area contributed by atoms with E-state index < -0.39 is 0 Å². The molecular formula is C19H23N3O. The van der Waals surface area contributed by atoms with Crippen molar-refractivity contribution in [3.63, 3.8) is 0 Å². The van der Waals surface area contributed by atoms with Crippen LogP contribution in [0.25, 0.3) is 11.1 Å². The third kappa shape index (κ3) is 3.90.